The summed E-state index contributed by atoms with van der Waals surface area (Å²) < 4.78 is 0. The second-order valence-electron chi connectivity index (χ2n) is 7.80. The highest BCUT2D eigenvalue weighted by Crippen LogP contribution is 2.32. The van der Waals surface area contributed by atoms with E-state index in [1.807, 2.05) is 24.3 Å². The van der Waals surface area contributed by atoms with Crippen LogP contribution in [-0.2, 0) is 10.2 Å². The van der Waals surface area contributed by atoms with Crippen LogP contribution in [0.3, 0.4) is 0 Å². The van der Waals surface area contributed by atoms with Gasteiger partial charge in [0.05, 0.1) is 18.1 Å². The molecule has 1 aliphatic carbocycles. The molecule has 1 aliphatic rings. The van der Waals surface area contributed by atoms with Crippen LogP contribution in [0.1, 0.15) is 70.1 Å². The standard InChI is InChI=1S/C19H29NO3/c1-18(2,3)15-8-6-14(7-9-15)16(21)13-20-17(22)12-19(23)10-4-5-11-19/h6-9,16,21,23H,4-5,10-13H2,1-3H3,(H,20,22). The summed E-state index contributed by atoms with van der Waals surface area (Å²) in [7, 11) is 0. The Hall–Kier alpha value is -1.39. The van der Waals surface area contributed by atoms with Crippen LogP contribution < -0.4 is 5.32 Å². The first-order valence-corrected chi connectivity index (χ1v) is 8.47. The molecule has 1 aromatic rings. The number of benzene rings is 1. The molecule has 0 saturated heterocycles. The molecule has 1 unspecified atom stereocenters. The average molecular weight is 319 g/mol. The number of aliphatic hydroxyl groups is 2. The highest BCUT2D eigenvalue weighted by atomic mass is 16.3. The molecule has 3 N–H and O–H groups in total. The maximum absolute atomic E-state index is 11.9. The van der Waals surface area contributed by atoms with Crippen molar-refractivity contribution in [2.45, 2.75) is 70.0 Å². The van der Waals surface area contributed by atoms with Gasteiger partial charge in [0.1, 0.15) is 0 Å². The van der Waals surface area contributed by atoms with Crippen molar-refractivity contribution in [2.24, 2.45) is 0 Å². The maximum Gasteiger partial charge on any atom is 0.222 e. The summed E-state index contributed by atoms with van der Waals surface area (Å²) in [6.45, 7) is 6.61. The molecular weight excluding hydrogens is 290 g/mol. The van der Waals surface area contributed by atoms with E-state index >= 15 is 0 Å². The predicted molar refractivity (Wildman–Crippen MR) is 91.1 cm³/mol. The highest BCUT2D eigenvalue weighted by molar-refractivity contribution is 5.77. The van der Waals surface area contributed by atoms with Crippen LogP contribution in [0, 0.1) is 0 Å². The molecule has 0 heterocycles. The average Bonchev–Trinajstić information content (AvgIpc) is 2.90. The van der Waals surface area contributed by atoms with Gasteiger partial charge in [-0.25, -0.2) is 0 Å². The smallest absolute Gasteiger partial charge is 0.222 e. The molecule has 4 heteroatoms. The third-order valence-corrected chi connectivity index (χ3v) is 4.68. The van der Waals surface area contributed by atoms with Crippen molar-refractivity contribution in [3.63, 3.8) is 0 Å². The van der Waals surface area contributed by atoms with Gasteiger partial charge in [-0.2, -0.15) is 0 Å². The molecule has 1 amide bonds. The van der Waals surface area contributed by atoms with E-state index in [1.165, 1.54) is 5.56 Å². The van der Waals surface area contributed by atoms with E-state index in [0.717, 1.165) is 18.4 Å². The van der Waals surface area contributed by atoms with Gasteiger partial charge in [0, 0.05) is 6.54 Å². The van der Waals surface area contributed by atoms with Crippen molar-refractivity contribution in [3.8, 4) is 0 Å². The van der Waals surface area contributed by atoms with Crippen LogP contribution in [0.5, 0.6) is 0 Å². The largest absolute Gasteiger partial charge is 0.389 e. The number of rotatable bonds is 5. The first-order chi connectivity index (χ1) is 10.7. The lowest BCUT2D eigenvalue weighted by Crippen LogP contribution is -2.36. The second kappa shape index (κ2) is 7.02. The van der Waals surface area contributed by atoms with Crippen molar-refractivity contribution in [1.82, 2.24) is 5.32 Å². The Bertz CT molecular complexity index is 525. The summed E-state index contributed by atoms with van der Waals surface area (Å²) in [5.41, 5.74) is 1.23. The van der Waals surface area contributed by atoms with E-state index in [4.69, 9.17) is 0 Å². The number of amides is 1. The first-order valence-electron chi connectivity index (χ1n) is 8.47. The molecule has 0 aromatic heterocycles. The Labute approximate surface area is 138 Å². The van der Waals surface area contributed by atoms with E-state index in [9.17, 15) is 15.0 Å². The molecule has 0 spiro atoms. The van der Waals surface area contributed by atoms with Crippen molar-refractivity contribution >= 4 is 5.91 Å². The number of hydrogen-bond acceptors (Lipinski definition) is 3. The van der Waals surface area contributed by atoms with Gasteiger partial charge in [-0.05, 0) is 29.4 Å². The molecule has 2 rings (SSSR count). The Morgan fingerprint density at radius 2 is 1.78 bits per heavy atom. The third kappa shape index (κ3) is 5.05. The van der Waals surface area contributed by atoms with Crippen molar-refractivity contribution < 1.29 is 15.0 Å². The van der Waals surface area contributed by atoms with E-state index in [1.54, 1.807) is 0 Å². The fourth-order valence-electron chi connectivity index (χ4n) is 3.10. The fraction of sp³-hybridized carbons (Fsp3) is 0.632. The number of carbonyl (C=O) groups excluding carboxylic acids is 1. The van der Waals surface area contributed by atoms with E-state index in [0.29, 0.717) is 12.8 Å². The lowest BCUT2D eigenvalue weighted by atomic mass is 9.86. The Morgan fingerprint density at radius 3 is 2.30 bits per heavy atom. The summed E-state index contributed by atoms with van der Waals surface area (Å²) >= 11 is 0. The van der Waals surface area contributed by atoms with Crippen LogP contribution in [0.15, 0.2) is 24.3 Å². The molecule has 0 radical (unpaired) electrons. The van der Waals surface area contributed by atoms with Gasteiger partial charge in [0.15, 0.2) is 0 Å². The molecule has 0 bridgehead atoms. The minimum absolute atomic E-state index is 0.0778. The molecule has 23 heavy (non-hydrogen) atoms. The molecule has 1 fully saturated rings. The summed E-state index contributed by atoms with van der Waals surface area (Å²) in [6.07, 6.45) is 2.74. The molecule has 1 aromatic carbocycles. The lowest BCUT2D eigenvalue weighted by Gasteiger charge is -2.22. The van der Waals surface area contributed by atoms with Crippen molar-refractivity contribution in [1.29, 1.82) is 0 Å². The van der Waals surface area contributed by atoms with E-state index in [2.05, 4.69) is 26.1 Å². The zero-order valence-electron chi connectivity index (χ0n) is 14.4. The number of carbonyl (C=O) groups is 1. The lowest BCUT2D eigenvalue weighted by molar-refractivity contribution is -0.126. The van der Waals surface area contributed by atoms with Crippen LogP contribution in [0.25, 0.3) is 0 Å². The minimum Gasteiger partial charge on any atom is -0.389 e. The van der Waals surface area contributed by atoms with Gasteiger partial charge in [0.25, 0.3) is 0 Å². The third-order valence-electron chi connectivity index (χ3n) is 4.68. The van der Waals surface area contributed by atoms with Gasteiger partial charge in [-0.15, -0.1) is 0 Å². The van der Waals surface area contributed by atoms with Crippen LogP contribution in [0.4, 0.5) is 0 Å². The molecule has 1 atom stereocenters. The molecule has 1 saturated carbocycles. The summed E-state index contributed by atoms with van der Waals surface area (Å²) in [6, 6.07) is 7.84. The van der Waals surface area contributed by atoms with Gasteiger partial charge in [0.2, 0.25) is 5.91 Å². The zero-order chi connectivity index (χ0) is 17.1. The quantitative estimate of drug-likeness (QED) is 0.781. The van der Waals surface area contributed by atoms with Gasteiger partial charge < -0.3 is 15.5 Å². The van der Waals surface area contributed by atoms with E-state index < -0.39 is 11.7 Å². The SMILES string of the molecule is CC(C)(C)c1ccc(C(O)CNC(=O)CC2(O)CCCC2)cc1. The fourth-order valence-corrected chi connectivity index (χ4v) is 3.10. The zero-order valence-corrected chi connectivity index (χ0v) is 14.4. The minimum atomic E-state index is -0.844. The Balaban J connectivity index is 1.84. The van der Waals surface area contributed by atoms with Gasteiger partial charge >= 0.3 is 0 Å². The normalized spacial score (nSPS) is 18.7. The van der Waals surface area contributed by atoms with Gasteiger partial charge in [-0.3, -0.25) is 4.79 Å². The molecule has 4 nitrogen and oxygen atoms in total. The molecule has 128 valence electrons. The van der Waals surface area contributed by atoms with E-state index in [-0.39, 0.29) is 24.3 Å². The van der Waals surface area contributed by atoms with Crippen molar-refractivity contribution in [2.75, 3.05) is 6.54 Å². The number of nitrogens with one attached hydrogen (secondary N) is 1. The second-order valence-corrected chi connectivity index (χ2v) is 7.80. The maximum atomic E-state index is 11.9. The molecule has 0 aliphatic heterocycles. The predicted octanol–water partition coefficient (Wildman–Crippen LogP) is 2.83. The highest BCUT2D eigenvalue weighted by Gasteiger charge is 2.33. The monoisotopic (exact) mass is 319 g/mol. The van der Waals surface area contributed by atoms with Gasteiger partial charge in [-0.1, -0.05) is 57.9 Å². The number of hydrogen-bond donors (Lipinski definition) is 3. The topological polar surface area (TPSA) is 69.6 Å². The Kier molecular flexibility index (Phi) is 5.48. The first kappa shape index (κ1) is 18.0. The Morgan fingerprint density at radius 1 is 1.22 bits per heavy atom. The molecular formula is C19H29NO3. The number of aliphatic hydroxyl groups excluding tert-OH is 1. The summed E-state index contributed by atoms with van der Waals surface area (Å²) in [5.74, 6) is -0.195. The van der Waals surface area contributed by atoms with Crippen LogP contribution in [0.2, 0.25) is 0 Å². The van der Waals surface area contributed by atoms with Crippen LogP contribution >= 0.6 is 0 Å². The van der Waals surface area contributed by atoms with Crippen LogP contribution in [-0.4, -0.2) is 28.3 Å². The van der Waals surface area contributed by atoms with Crippen molar-refractivity contribution in [3.05, 3.63) is 35.4 Å². The summed E-state index contributed by atoms with van der Waals surface area (Å²) in [4.78, 5) is 11.9. The summed E-state index contributed by atoms with van der Waals surface area (Å²) in [5, 5.41) is 23.2.